The van der Waals surface area contributed by atoms with Gasteiger partial charge in [0.05, 0.1) is 19.5 Å². The second-order valence-corrected chi connectivity index (χ2v) is 9.65. The Morgan fingerprint density at radius 2 is 2.09 bits per heavy atom. The molecule has 0 aromatic carbocycles. The van der Waals surface area contributed by atoms with E-state index < -0.39 is 32.4 Å². The van der Waals surface area contributed by atoms with E-state index >= 15 is 0 Å². The number of hydrogen-bond donors (Lipinski definition) is 4. The minimum Gasteiger partial charge on any atom is -0.441 e. The maximum Gasteiger partial charge on any atom is 0.488 e. The number of carbonyl (C=O) groups excluding carboxylic acids is 1. The Morgan fingerprint density at radius 1 is 1.32 bits per heavy atom. The number of amides is 1. The van der Waals surface area contributed by atoms with Crippen LogP contribution in [0.5, 0.6) is 0 Å². The molecule has 1 fully saturated rings. The van der Waals surface area contributed by atoms with Crippen molar-refractivity contribution in [2.45, 2.75) is 50.5 Å². The lowest BCUT2D eigenvalue weighted by molar-refractivity contribution is -0.0504. The number of hydrogen-bond acceptors (Lipinski definition) is 11. The zero-order valence-electron chi connectivity index (χ0n) is 19.4. The van der Waals surface area contributed by atoms with E-state index in [0.29, 0.717) is 24.1 Å². The molecule has 1 aliphatic heterocycles. The number of aromatic nitrogens is 4. The van der Waals surface area contributed by atoms with Crippen LogP contribution < -0.4 is 16.4 Å². The quantitative estimate of drug-likeness (QED) is 0.178. The Balaban J connectivity index is 1.63. The van der Waals surface area contributed by atoms with Crippen molar-refractivity contribution in [1.82, 2.24) is 30.2 Å². The summed E-state index contributed by atoms with van der Waals surface area (Å²) in [5, 5.41) is 5.90. The molecule has 0 spiro atoms. The van der Waals surface area contributed by atoms with Crippen molar-refractivity contribution in [3.05, 3.63) is 12.7 Å². The predicted molar refractivity (Wildman–Crippen MR) is 127 cm³/mol. The van der Waals surface area contributed by atoms with Crippen molar-refractivity contribution in [2.24, 2.45) is 0 Å². The SMILES string of the molecule is [B][P+](O)(OC)OC[C@@H]1C[C@H](OC(=O)NCCCCCCNC)[C@H](n2cnc3c(N)ncnc32)O1. The zero-order valence-corrected chi connectivity index (χ0v) is 20.3. The number of carbonyl (C=O) groups is 1. The molecular weight excluding hydrogens is 464 g/mol. The first-order valence-electron chi connectivity index (χ1n) is 11.1. The number of fused-ring (bicyclic) bond motifs is 1. The predicted octanol–water partition coefficient (Wildman–Crippen LogP) is 1.07. The van der Waals surface area contributed by atoms with Gasteiger partial charge in [-0.15, -0.1) is 0 Å². The third-order valence-electron chi connectivity index (χ3n) is 5.39. The van der Waals surface area contributed by atoms with Crippen molar-refractivity contribution in [2.75, 3.05) is 39.6 Å². The average molecular weight is 496 g/mol. The van der Waals surface area contributed by atoms with E-state index in [9.17, 15) is 9.69 Å². The number of unbranched alkanes of at least 4 members (excludes halogenated alkanes) is 3. The lowest BCUT2D eigenvalue weighted by Gasteiger charge is -2.20. The highest BCUT2D eigenvalue weighted by Gasteiger charge is 2.43. The number of anilines is 1. The van der Waals surface area contributed by atoms with E-state index in [0.717, 1.165) is 32.2 Å². The molecule has 2 aromatic heterocycles. The van der Waals surface area contributed by atoms with Crippen molar-refractivity contribution < 1.29 is 28.2 Å². The van der Waals surface area contributed by atoms with Crippen LogP contribution in [0.15, 0.2) is 12.7 Å². The van der Waals surface area contributed by atoms with Gasteiger partial charge in [-0.2, -0.15) is 9.05 Å². The zero-order chi connectivity index (χ0) is 24.6. The molecular formula is C19H32BN7O6P+. The Bertz CT molecular complexity index is 936. The summed E-state index contributed by atoms with van der Waals surface area (Å²) in [5.41, 5.74) is 6.74. The number of nitrogen functional groups attached to an aromatic ring is 1. The Labute approximate surface area is 200 Å². The molecule has 0 aliphatic carbocycles. The Kier molecular flexibility index (Phi) is 9.80. The van der Waals surface area contributed by atoms with Crippen LogP contribution in [0.3, 0.4) is 0 Å². The molecule has 1 amide bonds. The van der Waals surface area contributed by atoms with E-state index in [1.807, 2.05) is 7.05 Å². The van der Waals surface area contributed by atoms with Gasteiger partial charge in [0.2, 0.25) is 0 Å². The van der Waals surface area contributed by atoms with Crippen LogP contribution in [0.2, 0.25) is 0 Å². The third-order valence-corrected chi connectivity index (χ3v) is 6.44. The summed E-state index contributed by atoms with van der Waals surface area (Å²) in [6.45, 7) is 1.44. The Morgan fingerprint density at radius 3 is 2.82 bits per heavy atom. The second kappa shape index (κ2) is 12.6. The van der Waals surface area contributed by atoms with Gasteiger partial charge in [0, 0.05) is 13.0 Å². The Hall–Kier alpha value is -2.09. The standard InChI is InChI=1S/C19H32BN7O6P/c1-22-7-5-3-4-6-8-23-19(28)33-14-9-13(10-31-34(20,29)30-2)32-18(14)27-12-26-15-16(21)24-11-25-17(15)27/h11-14,18,22,29H,3-10H2,1-2H3,(H,23,28)(H2,21,24,25)/q+1/t13-,14-,18+,34?/m0/s1. The van der Waals surface area contributed by atoms with Crippen LogP contribution in [-0.4, -0.2) is 84.1 Å². The molecule has 1 saturated heterocycles. The summed E-state index contributed by atoms with van der Waals surface area (Å²) in [4.78, 5) is 34.7. The molecule has 2 aromatic rings. The van der Waals surface area contributed by atoms with Crippen LogP contribution in [0.1, 0.15) is 38.3 Å². The van der Waals surface area contributed by atoms with E-state index in [4.69, 9.17) is 31.8 Å². The molecule has 4 atom stereocenters. The van der Waals surface area contributed by atoms with Crippen LogP contribution in [-0.2, 0) is 18.5 Å². The molecule has 3 rings (SSSR count). The van der Waals surface area contributed by atoms with E-state index in [2.05, 4.69) is 25.6 Å². The fourth-order valence-corrected chi connectivity index (χ4v) is 4.11. The summed E-state index contributed by atoms with van der Waals surface area (Å²) < 4.78 is 23.4. The third kappa shape index (κ3) is 7.21. The number of imidazole rings is 1. The monoisotopic (exact) mass is 496 g/mol. The van der Waals surface area contributed by atoms with Crippen LogP contribution >= 0.6 is 7.82 Å². The molecule has 3 heterocycles. The van der Waals surface area contributed by atoms with E-state index in [1.165, 1.54) is 19.8 Å². The first kappa shape index (κ1) is 26.5. The molecule has 2 radical (unpaired) electrons. The van der Waals surface area contributed by atoms with Gasteiger partial charge in [0.25, 0.3) is 0 Å². The normalized spacial score (nSPS) is 22.0. The summed E-state index contributed by atoms with van der Waals surface area (Å²) >= 11 is 0. The summed E-state index contributed by atoms with van der Waals surface area (Å²) in [6.07, 6.45) is 4.69. The number of ether oxygens (including phenoxy) is 2. The van der Waals surface area contributed by atoms with Crippen molar-refractivity contribution in [3.63, 3.8) is 0 Å². The van der Waals surface area contributed by atoms with Crippen molar-refractivity contribution >= 4 is 38.5 Å². The van der Waals surface area contributed by atoms with Crippen molar-refractivity contribution in [3.8, 4) is 0 Å². The number of nitrogens with zero attached hydrogens (tertiary/aromatic N) is 4. The van der Waals surface area contributed by atoms with E-state index in [-0.39, 0.29) is 12.4 Å². The van der Waals surface area contributed by atoms with Gasteiger partial charge < -0.3 is 25.8 Å². The molecule has 186 valence electrons. The van der Waals surface area contributed by atoms with Gasteiger partial charge in [-0.3, -0.25) is 4.57 Å². The number of nitrogens with one attached hydrogen (secondary N) is 2. The molecule has 0 bridgehead atoms. The lowest BCUT2D eigenvalue weighted by Crippen LogP contribution is -2.32. The van der Waals surface area contributed by atoms with Crippen LogP contribution in [0.4, 0.5) is 10.6 Å². The minimum absolute atomic E-state index is 0.0526. The summed E-state index contributed by atoms with van der Waals surface area (Å²) in [6, 6.07) is 0. The van der Waals surface area contributed by atoms with Gasteiger partial charge in [-0.1, -0.05) is 12.8 Å². The molecule has 5 N–H and O–H groups in total. The second-order valence-electron chi connectivity index (χ2n) is 7.90. The van der Waals surface area contributed by atoms with E-state index in [1.54, 1.807) is 4.57 Å². The highest BCUT2D eigenvalue weighted by molar-refractivity contribution is 7.85. The fourth-order valence-electron chi connectivity index (χ4n) is 3.62. The maximum atomic E-state index is 12.5. The molecule has 1 aliphatic rings. The van der Waals surface area contributed by atoms with Crippen LogP contribution in [0.25, 0.3) is 11.2 Å². The molecule has 1 unspecified atom stereocenters. The van der Waals surface area contributed by atoms with Gasteiger partial charge >= 0.3 is 21.5 Å². The average Bonchev–Trinajstić information content (AvgIpc) is 3.42. The van der Waals surface area contributed by atoms with Gasteiger partial charge in [0.1, 0.15) is 18.5 Å². The minimum atomic E-state index is -3.44. The molecule has 34 heavy (non-hydrogen) atoms. The summed E-state index contributed by atoms with van der Waals surface area (Å²) in [7, 11) is 5.30. The number of nitrogens with two attached hydrogens (primary N) is 1. The lowest BCUT2D eigenvalue weighted by atomic mass is 10.2. The largest absolute Gasteiger partial charge is 0.488 e. The summed E-state index contributed by atoms with van der Waals surface area (Å²) in [5.74, 6) is 0.227. The first-order chi connectivity index (χ1) is 16.3. The van der Waals surface area contributed by atoms with Gasteiger partial charge in [-0.25, -0.2) is 24.6 Å². The smallest absolute Gasteiger partial charge is 0.441 e. The maximum absolute atomic E-state index is 12.5. The van der Waals surface area contributed by atoms with Gasteiger partial charge in [-0.05, 0) is 26.4 Å². The highest BCUT2D eigenvalue weighted by Crippen LogP contribution is 2.51. The molecule has 13 nitrogen and oxygen atoms in total. The van der Waals surface area contributed by atoms with Crippen molar-refractivity contribution in [1.29, 1.82) is 0 Å². The highest BCUT2D eigenvalue weighted by atomic mass is 31.2. The number of alkyl carbamates (subject to hydrolysis) is 1. The number of rotatable bonds is 13. The topological polar surface area (TPSA) is 168 Å². The van der Waals surface area contributed by atoms with Crippen LogP contribution in [0, 0.1) is 0 Å². The molecule has 0 saturated carbocycles. The fraction of sp³-hybridized carbons (Fsp3) is 0.684. The van der Waals surface area contributed by atoms with Gasteiger partial charge in [0.15, 0.2) is 23.8 Å². The first-order valence-corrected chi connectivity index (χ1v) is 12.8. The molecule has 15 heteroatoms.